The molecule has 1 aliphatic rings. The molecule has 0 bridgehead atoms. The highest BCUT2D eigenvalue weighted by Gasteiger charge is 2.40. The number of hydrogen-bond acceptors (Lipinski definition) is 9. The van der Waals surface area contributed by atoms with Crippen LogP contribution in [0.3, 0.4) is 0 Å². The molecule has 1 unspecified atom stereocenters. The third-order valence-electron chi connectivity index (χ3n) is 7.13. The molecular formula is C36H31NO9. The Labute approximate surface area is 264 Å². The highest BCUT2D eigenvalue weighted by atomic mass is 16.6. The van der Waals surface area contributed by atoms with Gasteiger partial charge in [-0.2, -0.15) is 0 Å². The van der Waals surface area contributed by atoms with Crippen molar-refractivity contribution in [1.82, 2.24) is 0 Å². The van der Waals surface area contributed by atoms with E-state index in [9.17, 15) is 24.3 Å². The normalized spacial score (nSPS) is 13.4. The first-order valence-electron chi connectivity index (χ1n) is 14.4. The van der Waals surface area contributed by atoms with Crippen molar-refractivity contribution in [2.75, 3.05) is 5.32 Å². The number of esters is 2. The van der Waals surface area contributed by atoms with Crippen molar-refractivity contribution >= 4 is 34.5 Å². The van der Waals surface area contributed by atoms with E-state index >= 15 is 0 Å². The quantitative estimate of drug-likeness (QED) is 0.127. The summed E-state index contributed by atoms with van der Waals surface area (Å²) in [5.74, 6) is -0.356. The maximum atomic E-state index is 12.4. The minimum atomic E-state index is -0.820. The number of phenolic OH excluding ortho intramolecular Hbond substituents is 1. The predicted octanol–water partition coefficient (Wildman–Crippen LogP) is 6.30. The minimum absolute atomic E-state index is 0.0958. The average molecular weight is 622 g/mol. The summed E-state index contributed by atoms with van der Waals surface area (Å²) in [6.45, 7) is 5.08. The number of nitrogens with one attached hydrogen (secondary N) is 1. The number of rotatable bonds is 6. The van der Waals surface area contributed by atoms with Crippen LogP contribution in [0.5, 0.6) is 17.2 Å². The smallest absolute Gasteiger partial charge is 0.347 e. The lowest BCUT2D eigenvalue weighted by Crippen LogP contribution is -2.43. The highest BCUT2D eigenvalue weighted by molar-refractivity contribution is 5.94. The van der Waals surface area contributed by atoms with Gasteiger partial charge in [-0.25, -0.2) is 14.4 Å². The van der Waals surface area contributed by atoms with E-state index in [1.54, 1.807) is 72.8 Å². The summed E-state index contributed by atoms with van der Waals surface area (Å²) in [7, 11) is 0. The second-order valence-corrected chi connectivity index (χ2v) is 11.0. The lowest BCUT2D eigenvalue weighted by atomic mass is 9.96. The first-order chi connectivity index (χ1) is 22.0. The van der Waals surface area contributed by atoms with E-state index in [4.69, 9.17) is 18.6 Å². The van der Waals surface area contributed by atoms with E-state index < -0.39 is 17.2 Å². The van der Waals surface area contributed by atoms with Crippen LogP contribution in [0, 0.1) is 0 Å². The number of anilines is 1. The Morgan fingerprint density at radius 3 is 2.26 bits per heavy atom. The van der Waals surface area contributed by atoms with Crippen molar-refractivity contribution in [3.63, 3.8) is 0 Å². The minimum Gasteiger partial charge on any atom is -0.507 e. The number of amides is 1. The number of phenols is 1. The third kappa shape index (κ3) is 7.59. The number of benzene rings is 4. The van der Waals surface area contributed by atoms with E-state index in [2.05, 4.69) is 5.32 Å². The summed E-state index contributed by atoms with van der Waals surface area (Å²) in [6, 6.07) is 28.2. The van der Waals surface area contributed by atoms with Gasteiger partial charge in [0.1, 0.15) is 40.1 Å². The van der Waals surface area contributed by atoms with Crippen molar-refractivity contribution in [3.05, 3.63) is 130 Å². The van der Waals surface area contributed by atoms with Gasteiger partial charge in [0.15, 0.2) is 0 Å². The Morgan fingerprint density at radius 2 is 1.57 bits per heavy atom. The molecule has 234 valence electrons. The SMILES string of the molecule is CC(=O)Nc1ccc(OC(=O)c2ccccc2O)cc1.CC(C)(OC(=O)c1ccccc1)C1Cc2cc3ccc(=O)oc3cc2O1. The number of carbonyl (C=O) groups excluding carboxylic acids is 3. The van der Waals surface area contributed by atoms with Crippen molar-refractivity contribution < 1.29 is 38.1 Å². The van der Waals surface area contributed by atoms with Gasteiger partial charge in [0.25, 0.3) is 0 Å². The molecule has 6 rings (SSSR count). The Balaban J connectivity index is 0.000000188. The fraction of sp³-hybridized carbons (Fsp3) is 0.167. The van der Waals surface area contributed by atoms with Crippen LogP contribution in [0.25, 0.3) is 11.0 Å². The van der Waals surface area contributed by atoms with Gasteiger partial charge in [-0.1, -0.05) is 30.3 Å². The van der Waals surface area contributed by atoms with Crippen LogP contribution in [0.4, 0.5) is 5.69 Å². The van der Waals surface area contributed by atoms with Crippen molar-refractivity contribution in [3.8, 4) is 17.2 Å². The number of fused-ring (bicyclic) bond motifs is 2. The fourth-order valence-corrected chi connectivity index (χ4v) is 4.75. The standard InChI is InChI=1S/C21H18O5.C15H13NO4/c1-21(2,26-20(23)13-6-4-3-5-7-13)18-11-15-10-14-8-9-19(22)25-16(14)12-17(15)24-18;1-10(17)16-11-6-8-12(9-7-11)20-15(19)13-4-2-3-5-14(13)18/h3-10,12,18H,11H2,1-2H3;2-9,18H,1H3,(H,16,17). The van der Waals surface area contributed by atoms with Crippen LogP contribution in [-0.4, -0.2) is 34.7 Å². The van der Waals surface area contributed by atoms with E-state index in [1.807, 2.05) is 26.0 Å². The molecule has 10 heteroatoms. The summed E-state index contributed by atoms with van der Waals surface area (Å²) in [5, 5.41) is 13.0. The number of hydrogen-bond donors (Lipinski definition) is 2. The van der Waals surface area contributed by atoms with Gasteiger partial charge in [-0.15, -0.1) is 0 Å². The predicted molar refractivity (Wildman–Crippen MR) is 170 cm³/mol. The van der Waals surface area contributed by atoms with Crippen molar-refractivity contribution in [2.24, 2.45) is 0 Å². The molecule has 5 aromatic rings. The van der Waals surface area contributed by atoms with Gasteiger partial charge in [0.2, 0.25) is 5.91 Å². The molecule has 0 fully saturated rings. The van der Waals surface area contributed by atoms with Gasteiger partial charge in [-0.3, -0.25) is 4.79 Å². The number of ether oxygens (including phenoxy) is 3. The van der Waals surface area contributed by atoms with Crippen LogP contribution in [0.2, 0.25) is 0 Å². The molecule has 2 heterocycles. The zero-order valence-electron chi connectivity index (χ0n) is 25.3. The second-order valence-electron chi connectivity index (χ2n) is 11.0. The lowest BCUT2D eigenvalue weighted by Gasteiger charge is -2.30. The molecular weight excluding hydrogens is 590 g/mol. The van der Waals surface area contributed by atoms with Crippen LogP contribution < -0.4 is 20.4 Å². The molecule has 0 aliphatic carbocycles. The van der Waals surface area contributed by atoms with Crippen LogP contribution >= 0.6 is 0 Å². The van der Waals surface area contributed by atoms with E-state index in [-0.39, 0.29) is 29.3 Å². The molecule has 46 heavy (non-hydrogen) atoms. The molecule has 1 amide bonds. The first kappa shape index (κ1) is 31.5. The Bertz CT molecular complexity index is 1950. The number of aromatic hydroxyl groups is 1. The number of carbonyl (C=O) groups is 3. The molecule has 4 aromatic carbocycles. The fourth-order valence-electron chi connectivity index (χ4n) is 4.75. The Morgan fingerprint density at radius 1 is 0.870 bits per heavy atom. The van der Waals surface area contributed by atoms with Gasteiger partial charge >= 0.3 is 17.6 Å². The molecule has 0 spiro atoms. The molecule has 2 N–H and O–H groups in total. The van der Waals surface area contributed by atoms with Gasteiger partial charge in [0, 0.05) is 36.6 Å². The van der Waals surface area contributed by atoms with Crippen molar-refractivity contribution in [1.29, 1.82) is 0 Å². The summed E-state index contributed by atoms with van der Waals surface area (Å²) in [4.78, 5) is 46.5. The van der Waals surface area contributed by atoms with Gasteiger partial charge in [0.05, 0.1) is 5.56 Å². The third-order valence-corrected chi connectivity index (χ3v) is 7.13. The van der Waals surface area contributed by atoms with E-state index in [0.717, 1.165) is 10.9 Å². The molecule has 1 aromatic heterocycles. The summed E-state index contributed by atoms with van der Waals surface area (Å²) < 4.78 is 22.1. The van der Waals surface area contributed by atoms with Gasteiger partial charge in [-0.05, 0) is 80.1 Å². The molecule has 10 nitrogen and oxygen atoms in total. The molecule has 0 radical (unpaired) electrons. The first-order valence-corrected chi connectivity index (χ1v) is 14.4. The van der Waals surface area contributed by atoms with Crippen LogP contribution in [0.1, 0.15) is 47.1 Å². The molecule has 1 aliphatic heterocycles. The number of para-hydroxylation sites is 1. The maximum absolute atomic E-state index is 12.4. The molecule has 0 saturated heterocycles. The molecule has 1 atom stereocenters. The largest absolute Gasteiger partial charge is 0.507 e. The summed E-state index contributed by atoms with van der Waals surface area (Å²) in [6.07, 6.45) is 0.285. The Hall–Kier alpha value is -5.90. The summed E-state index contributed by atoms with van der Waals surface area (Å²) in [5.41, 5.74) is 1.47. The Kier molecular flexibility index (Phi) is 9.18. The van der Waals surface area contributed by atoms with E-state index in [1.165, 1.54) is 25.1 Å². The second kappa shape index (κ2) is 13.4. The highest BCUT2D eigenvalue weighted by Crippen LogP contribution is 2.37. The lowest BCUT2D eigenvalue weighted by molar-refractivity contribution is -0.114. The summed E-state index contributed by atoms with van der Waals surface area (Å²) >= 11 is 0. The average Bonchev–Trinajstić information content (AvgIpc) is 3.45. The monoisotopic (exact) mass is 621 g/mol. The molecule has 0 saturated carbocycles. The van der Waals surface area contributed by atoms with Crippen LogP contribution in [-0.2, 0) is 16.0 Å². The maximum Gasteiger partial charge on any atom is 0.347 e. The van der Waals surface area contributed by atoms with Crippen LogP contribution in [0.15, 0.2) is 112 Å². The van der Waals surface area contributed by atoms with Gasteiger partial charge < -0.3 is 29.1 Å². The zero-order chi connectivity index (χ0) is 32.8. The topological polar surface area (TPSA) is 141 Å². The van der Waals surface area contributed by atoms with Crippen molar-refractivity contribution in [2.45, 2.75) is 38.9 Å². The van der Waals surface area contributed by atoms with E-state index in [0.29, 0.717) is 34.8 Å². The zero-order valence-corrected chi connectivity index (χ0v) is 25.3.